The van der Waals surface area contributed by atoms with Gasteiger partial charge in [-0.05, 0) is 25.0 Å². The van der Waals surface area contributed by atoms with Gasteiger partial charge in [0.25, 0.3) is 5.91 Å². The summed E-state index contributed by atoms with van der Waals surface area (Å²) in [6.45, 7) is 3.64. The number of carbonyl (C=O) groups is 1. The summed E-state index contributed by atoms with van der Waals surface area (Å²) in [5.41, 5.74) is 0.671. The lowest BCUT2D eigenvalue weighted by Crippen LogP contribution is -2.41. The Bertz CT molecular complexity index is 709. The van der Waals surface area contributed by atoms with Gasteiger partial charge in [0.2, 0.25) is 0 Å². The van der Waals surface area contributed by atoms with Crippen molar-refractivity contribution in [3.63, 3.8) is 0 Å². The van der Waals surface area contributed by atoms with Crippen molar-refractivity contribution < 1.29 is 4.79 Å². The number of pyridine rings is 1. The molecule has 1 saturated heterocycles. The molecule has 1 aliphatic heterocycles. The van der Waals surface area contributed by atoms with E-state index in [-0.39, 0.29) is 5.91 Å². The van der Waals surface area contributed by atoms with E-state index in [1.54, 1.807) is 6.20 Å². The van der Waals surface area contributed by atoms with Gasteiger partial charge in [0.15, 0.2) is 0 Å². The predicted molar refractivity (Wildman–Crippen MR) is 94.3 cm³/mol. The van der Waals surface area contributed by atoms with E-state index in [1.807, 2.05) is 48.4 Å². The average molecular weight is 327 g/mol. The van der Waals surface area contributed by atoms with Crippen molar-refractivity contribution in [2.45, 2.75) is 32.2 Å². The van der Waals surface area contributed by atoms with Crippen LogP contribution in [0.25, 0.3) is 0 Å². The number of hydrogen-bond donors (Lipinski definition) is 0. The molecular formula is C18H25N5O. The number of hydrogen-bond acceptors (Lipinski definition) is 4. The van der Waals surface area contributed by atoms with Gasteiger partial charge in [0.05, 0.1) is 11.6 Å². The first-order valence-electron chi connectivity index (χ1n) is 8.55. The molecular weight excluding hydrogens is 302 g/mol. The molecule has 0 spiro atoms. The maximum atomic E-state index is 13.0. The molecule has 1 fully saturated rings. The second-order valence-corrected chi connectivity index (χ2v) is 6.42. The summed E-state index contributed by atoms with van der Waals surface area (Å²) in [7, 11) is 3.83. The van der Waals surface area contributed by atoms with Crippen LogP contribution in [-0.2, 0) is 6.42 Å². The highest BCUT2D eigenvalue weighted by Gasteiger charge is 2.28. The van der Waals surface area contributed by atoms with Crippen LogP contribution in [-0.4, -0.2) is 52.5 Å². The van der Waals surface area contributed by atoms with E-state index in [2.05, 4.69) is 21.5 Å². The van der Waals surface area contributed by atoms with Crippen molar-refractivity contribution in [1.29, 1.82) is 0 Å². The van der Waals surface area contributed by atoms with Gasteiger partial charge in [0, 0.05) is 52.2 Å². The Hall–Kier alpha value is -2.37. The van der Waals surface area contributed by atoms with Gasteiger partial charge >= 0.3 is 0 Å². The Morgan fingerprint density at radius 2 is 2.17 bits per heavy atom. The Balaban J connectivity index is 1.81. The van der Waals surface area contributed by atoms with E-state index in [0.717, 1.165) is 44.0 Å². The molecule has 6 heteroatoms. The maximum absolute atomic E-state index is 13.0. The molecule has 3 rings (SSSR count). The predicted octanol–water partition coefficient (Wildman–Crippen LogP) is 2.38. The summed E-state index contributed by atoms with van der Waals surface area (Å²) in [6, 6.07) is 4.00. The number of amides is 1. The molecule has 1 aliphatic rings. The van der Waals surface area contributed by atoms with Crippen molar-refractivity contribution in [2.75, 3.05) is 32.1 Å². The quantitative estimate of drug-likeness (QED) is 0.865. The Morgan fingerprint density at radius 3 is 2.92 bits per heavy atom. The molecule has 2 aromatic heterocycles. The standard InChI is InChI=1S/C18H25N5O/c1-4-16-19-10-12-23(16)14-7-6-11-22(13-14)18(24)15-8-5-9-20-17(15)21(2)3/h5,8-10,12,14H,4,6-7,11,13H2,1-3H3/t14-/m1/s1. The number of carbonyl (C=O) groups excluding carboxylic acids is 1. The number of likely N-dealkylation sites (tertiary alicyclic amines) is 1. The number of nitrogens with zero attached hydrogens (tertiary/aromatic N) is 5. The molecule has 0 aliphatic carbocycles. The van der Waals surface area contributed by atoms with Crippen LogP contribution in [0.1, 0.15) is 42.0 Å². The van der Waals surface area contributed by atoms with Gasteiger partial charge < -0.3 is 14.4 Å². The lowest BCUT2D eigenvalue weighted by Gasteiger charge is -2.34. The number of piperidine rings is 1. The summed E-state index contributed by atoms with van der Waals surface area (Å²) < 4.78 is 2.23. The van der Waals surface area contributed by atoms with Crippen molar-refractivity contribution in [3.05, 3.63) is 42.1 Å². The Kier molecular flexibility index (Phi) is 4.83. The Morgan fingerprint density at radius 1 is 1.33 bits per heavy atom. The van der Waals surface area contributed by atoms with E-state index in [4.69, 9.17) is 0 Å². The maximum Gasteiger partial charge on any atom is 0.257 e. The third-order valence-electron chi connectivity index (χ3n) is 4.58. The summed E-state index contributed by atoms with van der Waals surface area (Å²) in [5, 5.41) is 0. The highest BCUT2D eigenvalue weighted by Crippen LogP contribution is 2.26. The number of aryl methyl sites for hydroxylation is 1. The molecule has 1 amide bonds. The first-order chi connectivity index (χ1) is 11.6. The second kappa shape index (κ2) is 7.03. The van der Waals surface area contributed by atoms with Crippen LogP contribution in [0.4, 0.5) is 5.82 Å². The smallest absolute Gasteiger partial charge is 0.257 e. The summed E-state index contributed by atoms with van der Waals surface area (Å²) in [4.78, 5) is 25.6. The first-order valence-corrected chi connectivity index (χ1v) is 8.55. The van der Waals surface area contributed by atoms with E-state index in [1.165, 1.54) is 0 Å². The topological polar surface area (TPSA) is 54.3 Å². The molecule has 128 valence electrons. The van der Waals surface area contributed by atoms with Crippen molar-refractivity contribution in [2.24, 2.45) is 0 Å². The normalized spacial score (nSPS) is 17.8. The average Bonchev–Trinajstić information content (AvgIpc) is 3.10. The third-order valence-corrected chi connectivity index (χ3v) is 4.58. The third kappa shape index (κ3) is 3.13. The Labute approximate surface area is 143 Å². The molecule has 6 nitrogen and oxygen atoms in total. The lowest BCUT2D eigenvalue weighted by molar-refractivity contribution is 0.0678. The molecule has 2 aromatic rings. The van der Waals surface area contributed by atoms with Crippen molar-refractivity contribution >= 4 is 11.7 Å². The summed E-state index contributed by atoms with van der Waals surface area (Å²) >= 11 is 0. The minimum atomic E-state index is 0.0645. The molecule has 0 radical (unpaired) electrons. The fourth-order valence-electron chi connectivity index (χ4n) is 3.41. The summed E-state index contributed by atoms with van der Waals surface area (Å²) in [5.74, 6) is 1.88. The zero-order chi connectivity index (χ0) is 17.1. The van der Waals surface area contributed by atoms with Gasteiger partial charge in [-0.25, -0.2) is 9.97 Å². The van der Waals surface area contributed by atoms with Gasteiger partial charge in [-0.3, -0.25) is 4.79 Å². The highest BCUT2D eigenvalue weighted by molar-refractivity contribution is 5.98. The van der Waals surface area contributed by atoms with Crippen LogP contribution < -0.4 is 4.90 Å². The summed E-state index contributed by atoms with van der Waals surface area (Å²) in [6.07, 6.45) is 8.61. The van der Waals surface area contributed by atoms with Gasteiger partial charge in [-0.1, -0.05) is 6.92 Å². The van der Waals surface area contributed by atoms with Crippen molar-refractivity contribution in [3.8, 4) is 0 Å². The number of anilines is 1. The fraction of sp³-hybridized carbons (Fsp3) is 0.500. The SMILES string of the molecule is CCc1nccn1[C@@H]1CCCN(C(=O)c2cccnc2N(C)C)C1. The molecule has 0 aromatic carbocycles. The van der Waals surface area contributed by atoms with Gasteiger partial charge in [-0.15, -0.1) is 0 Å². The van der Waals surface area contributed by atoms with E-state index >= 15 is 0 Å². The molecule has 24 heavy (non-hydrogen) atoms. The largest absolute Gasteiger partial charge is 0.362 e. The van der Waals surface area contributed by atoms with Crippen LogP contribution in [0.5, 0.6) is 0 Å². The van der Waals surface area contributed by atoms with Crippen molar-refractivity contribution in [1.82, 2.24) is 19.4 Å². The minimum Gasteiger partial charge on any atom is -0.362 e. The van der Waals surface area contributed by atoms with Gasteiger partial charge in [0.1, 0.15) is 11.6 Å². The van der Waals surface area contributed by atoms with E-state index in [9.17, 15) is 4.79 Å². The second-order valence-electron chi connectivity index (χ2n) is 6.42. The van der Waals surface area contributed by atoms with Gasteiger partial charge in [-0.2, -0.15) is 0 Å². The van der Waals surface area contributed by atoms with Crippen LogP contribution in [0.2, 0.25) is 0 Å². The minimum absolute atomic E-state index is 0.0645. The molecule has 1 atom stereocenters. The van der Waals surface area contributed by atoms with Crippen LogP contribution in [0.3, 0.4) is 0 Å². The number of aromatic nitrogens is 3. The highest BCUT2D eigenvalue weighted by atomic mass is 16.2. The van der Waals surface area contributed by atoms with E-state index in [0.29, 0.717) is 11.6 Å². The molecule has 0 unspecified atom stereocenters. The monoisotopic (exact) mass is 327 g/mol. The van der Waals surface area contributed by atoms with Crippen LogP contribution >= 0.6 is 0 Å². The molecule has 0 bridgehead atoms. The zero-order valence-corrected chi connectivity index (χ0v) is 14.6. The van der Waals surface area contributed by atoms with Crippen LogP contribution in [0, 0.1) is 0 Å². The van der Waals surface area contributed by atoms with Crippen LogP contribution in [0.15, 0.2) is 30.7 Å². The van der Waals surface area contributed by atoms with E-state index < -0.39 is 0 Å². The number of rotatable bonds is 4. The zero-order valence-electron chi connectivity index (χ0n) is 14.6. The lowest BCUT2D eigenvalue weighted by atomic mass is 10.0. The molecule has 0 N–H and O–H groups in total. The fourth-order valence-corrected chi connectivity index (χ4v) is 3.41. The number of imidazole rings is 1. The molecule has 0 saturated carbocycles. The first kappa shape index (κ1) is 16.5. The molecule has 3 heterocycles.